The molecular formula is C24H31BrN2O2SSi. The molecule has 166 valence electrons. The Kier molecular flexibility index (Phi) is 7.41. The predicted octanol–water partition coefficient (Wildman–Crippen LogP) is 7.45. The fourth-order valence-corrected chi connectivity index (χ4v) is 5.78. The average molecular weight is 520 g/mol. The third kappa shape index (κ3) is 5.45. The number of halogens is 1. The van der Waals surface area contributed by atoms with Gasteiger partial charge in [-0.3, -0.25) is 0 Å². The largest absolute Gasteiger partial charge is 0.497 e. The first kappa shape index (κ1) is 24.1. The Labute approximate surface area is 199 Å². The second-order valence-electron chi connectivity index (χ2n) is 9.08. The Balaban J connectivity index is 2.06. The van der Waals surface area contributed by atoms with Crippen molar-refractivity contribution in [1.82, 2.24) is 9.55 Å². The van der Waals surface area contributed by atoms with Gasteiger partial charge in [-0.25, -0.2) is 4.98 Å². The molecule has 1 atom stereocenters. The van der Waals surface area contributed by atoms with E-state index in [0.717, 1.165) is 31.7 Å². The van der Waals surface area contributed by atoms with Crippen LogP contribution < -0.4 is 4.74 Å². The van der Waals surface area contributed by atoms with E-state index in [1.807, 2.05) is 30.3 Å². The summed E-state index contributed by atoms with van der Waals surface area (Å²) in [6.45, 7) is 11.4. The van der Waals surface area contributed by atoms with E-state index in [9.17, 15) is 0 Å². The normalized spacial score (nSPS) is 13.3. The standard InChI is InChI=1S/C24H31BrN2O2SSi/c1-24(2,3)31(6,7)29-21(17-13-15-18(28-5)16-14-17)20-22(25)26-23(27(20)4)30-19-11-9-8-10-12-19/h8-16,21H,1-7H3. The number of aromatic nitrogens is 2. The highest BCUT2D eigenvalue weighted by Crippen LogP contribution is 2.44. The van der Waals surface area contributed by atoms with Crippen LogP contribution in [0.3, 0.4) is 0 Å². The zero-order chi connectivity index (χ0) is 22.8. The van der Waals surface area contributed by atoms with E-state index in [2.05, 4.69) is 85.7 Å². The van der Waals surface area contributed by atoms with Crippen molar-refractivity contribution in [3.8, 4) is 5.75 Å². The molecule has 1 aromatic heterocycles. The third-order valence-electron chi connectivity index (χ3n) is 5.89. The van der Waals surface area contributed by atoms with Crippen LogP contribution in [0.15, 0.2) is 69.3 Å². The summed E-state index contributed by atoms with van der Waals surface area (Å²) in [6.07, 6.45) is -0.233. The number of methoxy groups -OCH3 is 1. The molecule has 2 aromatic carbocycles. The molecule has 1 unspecified atom stereocenters. The fraction of sp³-hybridized carbons (Fsp3) is 0.375. The molecule has 0 aliphatic rings. The molecule has 0 saturated carbocycles. The van der Waals surface area contributed by atoms with Gasteiger partial charge in [0.25, 0.3) is 0 Å². The summed E-state index contributed by atoms with van der Waals surface area (Å²) in [6, 6.07) is 18.4. The summed E-state index contributed by atoms with van der Waals surface area (Å²) in [7, 11) is 1.68. The number of hydrogen-bond donors (Lipinski definition) is 0. The maximum absolute atomic E-state index is 6.97. The van der Waals surface area contributed by atoms with Gasteiger partial charge in [0.05, 0.1) is 12.8 Å². The van der Waals surface area contributed by atoms with Gasteiger partial charge >= 0.3 is 0 Å². The zero-order valence-electron chi connectivity index (χ0n) is 19.3. The summed E-state index contributed by atoms with van der Waals surface area (Å²) < 4.78 is 15.3. The number of imidazole rings is 1. The SMILES string of the molecule is COc1ccc(C(O[Si](C)(C)C(C)(C)C)c2c(Br)nc(Sc3ccccc3)n2C)cc1. The van der Waals surface area contributed by atoms with Gasteiger partial charge in [-0.05, 0) is 63.9 Å². The number of rotatable bonds is 7. The van der Waals surface area contributed by atoms with Crippen LogP contribution >= 0.6 is 27.7 Å². The van der Waals surface area contributed by atoms with E-state index < -0.39 is 8.32 Å². The van der Waals surface area contributed by atoms with E-state index in [1.165, 1.54) is 0 Å². The molecule has 4 nitrogen and oxygen atoms in total. The lowest BCUT2D eigenvalue weighted by atomic mass is 10.1. The monoisotopic (exact) mass is 518 g/mol. The number of benzene rings is 2. The molecule has 0 aliphatic heterocycles. The third-order valence-corrected chi connectivity index (χ3v) is 12.0. The lowest BCUT2D eigenvalue weighted by Gasteiger charge is -2.39. The van der Waals surface area contributed by atoms with Crippen molar-refractivity contribution in [2.24, 2.45) is 7.05 Å². The molecule has 0 amide bonds. The lowest BCUT2D eigenvalue weighted by Crippen LogP contribution is -2.42. The van der Waals surface area contributed by atoms with E-state index >= 15 is 0 Å². The van der Waals surface area contributed by atoms with Gasteiger partial charge in [-0.15, -0.1) is 0 Å². The van der Waals surface area contributed by atoms with Crippen molar-refractivity contribution in [1.29, 1.82) is 0 Å². The molecule has 3 rings (SSSR count). The maximum atomic E-state index is 6.97. The van der Waals surface area contributed by atoms with E-state index in [-0.39, 0.29) is 11.1 Å². The molecular weight excluding hydrogens is 488 g/mol. The Hall–Kier alpha value is -1.54. The molecule has 1 heterocycles. The summed E-state index contributed by atoms with van der Waals surface area (Å²) in [5.74, 6) is 0.833. The van der Waals surface area contributed by atoms with E-state index in [1.54, 1.807) is 18.9 Å². The summed E-state index contributed by atoms with van der Waals surface area (Å²) in [5, 5.41) is 1.01. The van der Waals surface area contributed by atoms with Crippen LogP contribution in [0.25, 0.3) is 0 Å². The van der Waals surface area contributed by atoms with Crippen molar-refractivity contribution in [3.63, 3.8) is 0 Å². The molecule has 0 radical (unpaired) electrons. The highest BCUT2D eigenvalue weighted by molar-refractivity contribution is 9.10. The highest BCUT2D eigenvalue weighted by atomic mass is 79.9. The van der Waals surface area contributed by atoms with Gasteiger partial charge in [0.15, 0.2) is 13.5 Å². The molecule has 7 heteroatoms. The summed E-state index contributed by atoms with van der Waals surface area (Å²) in [5.41, 5.74) is 2.11. The van der Waals surface area contributed by atoms with Gasteiger partial charge < -0.3 is 13.7 Å². The van der Waals surface area contributed by atoms with Crippen LogP contribution in [0.2, 0.25) is 18.1 Å². The topological polar surface area (TPSA) is 36.3 Å². The molecule has 0 saturated heterocycles. The average Bonchev–Trinajstić information content (AvgIpc) is 2.99. The maximum Gasteiger partial charge on any atom is 0.193 e. The van der Waals surface area contributed by atoms with Crippen LogP contribution in [-0.2, 0) is 11.5 Å². The van der Waals surface area contributed by atoms with Crippen molar-refractivity contribution in [2.75, 3.05) is 7.11 Å². The molecule has 0 fully saturated rings. The highest BCUT2D eigenvalue weighted by Gasteiger charge is 2.41. The summed E-state index contributed by atoms with van der Waals surface area (Å²) >= 11 is 5.38. The Morgan fingerprint density at radius 1 is 1.03 bits per heavy atom. The lowest BCUT2D eigenvalue weighted by molar-refractivity contribution is 0.212. The van der Waals surface area contributed by atoms with Crippen LogP contribution in [0, 0.1) is 0 Å². The van der Waals surface area contributed by atoms with E-state index in [0.29, 0.717) is 0 Å². The first-order valence-corrected chi connectivity index (χ1v) is 14.8. The molecule has 0 spiro atoms. The van der Waals surface area contributed by atoms with Crippen molar-refractivity contribution in [3.05, 3.63) is 70.5 Å². The minimum atomic E-state index is -2.07. The number of hydrogen-bond acceptors (Lipinski definition) is 4. The quantitative estimate of drug-likeness (QED) is 0.304. The Bertz CT molecular complexity index is 1010. The molecule has 0 N–H and O–H groups in total. The number of nitrogens with zero attached hydrogens (tertiary/aromatic N) is 2. The van der Waals surface area contributed by atoms with Gasteiger partial charge in [0.1, 0.15) is 16.5 Å². The Morgan fingerprint density at radius 3 is 2.19 bits per heavy atom. The van der Waals surface area contributed by atoms with Gasteiger partial charge in [-0.1, -0.05) is 62.9 Å². The summed E-state index contributed by atoms with van der Waals surface area (Å²) in [4.78, 5) is 5.98. The number of ether oxygens (including phenoxy) is 1. The second kappa shape index (κ2) is 9.53. The molecule has 3 aromatic rings. The molecule has 31 heavy (non-hydrogen) atoms. The first-order valence-electron chi connectivity index (χ1n) is 10.3. The van der Waals surface area contributed by atoms with Crippen LogP contribution in [0.5, 0.6) is 5.75 Å². The van der Waals surface area contributed by atoms with Gasteiger partial charge in [-0.2, -0.15) is 0 Å². The van der Waals surface area contributed by atoms with Gasteiger partial charge in [0.2, 0.25) is 0 Å². The predicted molar refractivity (Wildman–Crippen MR) is 135 cm³/mol. The van der Waals surface area contributed by atoms with Crippen LogP contribution in [-0.4, -0.2) is 25.0 Å². The van der Waals surface area contributed by atoms with Crippen LogP contribution in [0.4, 0.5) is 0 Å². The van der Waals surface area contributed by atoms with Crippen LogP contribution in [0.1, 0.15) is 38.1 Å². The van der Waals surface area contributed by atoms with Crippen molar-refractivity contribution < 1.29 is 9.16 Å². The molecule has 0 bridgehead atoms. The first-order chi connectivity index (χ1) is 14.5. The zero-order valence-corrected chi connectivity index (χ0v) is 22.7. The van der Waals surface area contributed by atoms with Crippen molar-refractivity contribution >= 4 is 36.0 Å². The van der Waals surface area contributed by atoms with Crippen molar-refractivity contribution in [2.45, 2.75) is 55.1 Å². The molecule has 0 aliphatic carbocycles. The fourth-order valence-electron chi connectivity index (χ4n) is 2.96. The van der Waals surface area contributed by atoms with Gasteiger partial charge in [0, 0.05) is 11.9 Å². The smallest absolute Gasteiger partial charge is 0.193 e. The Morgan fingerprint density at radius 2 is 1.65 bits per heavy atom. The van der Waals surface area contributed by atoms with E-state index in [4.69, 9.17) is 14.1 Å². The minimum absolute atomic E-state index is 0.0877. The second-order valence-corrected chi connectivity index (χ2v) is 15.6. The minimum Gasteiger partial charge on any atom is -0.497 e.